The first kappa shape index (κ1) is 10.1. The summed E-state index contributed by atoms with van der Waals surface area (Å²) in [6.45, 7) is 4.40. The molecule has 1 aliphatic rings. The van der Waals surface area contributed by atoms with Crippen LogP contribution in [0.1, 0.15) is 16.7 Å². The first-order chi connectivity index (χ1) is 7.74. The Bertz CT molecular complexity index is 621. The fourth-order valence-corrected chi connectivity index (χ4v) is 4.57. The van der Waals surface area contributed by atoms with Crippen LogP contribution < -0.4 is 9.57 Å². The predicted octanol–water partition coefficient (Wildman–Crippen LogP) is 1.73. The Labute approximate surface area is 102 Å². The molecule has 1 heteroatoms. The molecule has 0 fully saturated rings. The van der Waals surface area contributed by atoms with Crippen LogP contribution in [0.4, 0.5) is 0 Å². The van der Waals surface area contributed by atoms with Crippen LogP contribution in [0, 0.1) is 17.8 Å². The summed E-state index contributed by atoms with van der Waals surface area (Å²) < 4.78 is 3.09. The summed E-state index contributed by atoms with van der Waals surface area (Å²) in [7, 11) is 0. The van der Waals surface area contributed by atoms with E-state index in [9.17, 15) is 0 Å². The van der Waals surface area contributed by atoms with Gasteiger partial charge in [-0.25, -0.2) is 0 Å². The third-order valence-corrected chi connectivity index (χ3v) is 5.81. The van der Waals surface area contributed by atoms with Crippen molar-refractivity contribution in [2.75, 3.05) is 0 Å². The summed E-state index contributed by atoms with van der Waals surface area (Å²) in [6, 6.07) is 13.5. The van der Waals surface area contributed by atoms with Crippen LogP contribution in [0.25, 0.3) is 6.08 Å². The second-order valence-corrected chi connectivity index (χ2v) is 6.80. The van der Waals surface area contributed by atoms with E-state index in [1.54, 1.807) is 4.35 Å². The molecule has 0 aromatic heterocycles. The standard InChI is InChI=1S/C15H13As/c1-10-7-13-9-12-5-3-4-6-14(12)16-15(13)8-11(10)2/h3-9H,1-2H3. The van der Waals surface area contributed by atoms with Crippen molar-refractivity contribution in [3.05, 3.63) is 62.3 Å². The molecule has 16 heavy (non-hydrogen) atoms. The zero-order valence-electron chi connectivity index (χ0n) is 9.49. The SMILES string of the molecule is Cc1cc2c(cc1C)[As]=c1ccccc1=C2. The van der Waals surface area contributed by atoms with E-state index >= 15 is 0 Å². The Kier molecular flexibility index (Phi) is 2.33. The van der Waals surface area contributed by atoms with Crippen molar-refractivity contribution < 1.29 is 0 Å². The monoisotopic (exact) mass is 268 g/mol. The summed E-state index contributed by atoms with van der Waals surface area (Å²) in [5.41, 5.74) is 4.25. The minimum absolute atomic E-state index is 0.171. The van der Waals surface area contributed by atoms with Gasteiger partial charge in [0, 0.05) is 0 Å². The molecule has 78 valence electrons. The molecule has 1 aliphatic heterocycles. The van der Waals surface area contributed by atoms with E-state index in [2.05, 4.69) is 56.3 Å². The first-order valence-electron chi connectivity index (χ1n) is 5.51. The van der Waals surface area contributed by atoms with Gasteiger partial charge in [0.05, 0.1) is 0 Å². The normalized spacial score (nSPS) is 13.1. The van der Waals surface area contributed by atoms with E-state index < -0.39 is 0 Å². The van der Waals surface area contributed by atoms with Gasteiger partial charge in [0.1, 0.15) is 0 Å². The second kappa shape index (κ2) is 3.71. The molecule has 0 saturated carbocycles. The molecule has 3 rings (SSSR count). The van der Waals surface area contributed by atoms with Crippen molar-refractivity contribution in [2.24, 2.45) is 0 Å². The fourth-order valence-electron chi connectivity index (χ4n) is 2.04. The van der Waals surface area contributed by atoms with Crippen molar-refractivity contribution in [1.29, 1.82) is 0 Å². The van der Waals surface area contributed by atoms with Gasteiger partial charge in [-0.3, -0.25) is 0 Å². The summed E-state index contributed by atoms with van der Waals surface area (Å²) in [6.07, 6.45) is 2.33. The van der Waals surface area contributed by atoms with Crippen LogP contribution in [0.2, 0.25) is 0 Å². The zero-order chi connectivity index (χ0) is 11.1. The number of rotatable bonds is 0. The Balaban J connectivity index is 2.36. The van der Waals surface area contributed by atoms with Crippen LogP contribution >= 0.6 is 0 Å². The third kappa shape index (κ3) is 1.58. The van der Waals surface area contributed by atoms with Crippen molar-refractivity contribution >= 4 is 25.7 Å². The Morgan fingerprint density at radius 1 is 0.938 bits per heavy atom. The van der Waals surface area contributed by atoms with E-state index in [-0.39, 0.29) is 15.3 Å². The van der Waals surface area contributed by atoms with Crippen LogP contribution in [0.5, 0.6) is 0 Å². The number of hydrogen-bond acceptors (Lipinski definition) is 0. The molecular weight excluding hydrogens is 255 g/mol. The molecule has 2 aromatic carbocycles. The van der Waals surface area contributed by atoms with E-state index in [0.717, 1.165) is 0 Å². The van der Waals surface area contributed by atoms with Crippen LogP contribution in [0.3, 0.4) is 0 Å². The van der Waals surface area contributed by atoms with Gasteiger partial charge in [-0.15, -0.1) is 0 Å². The molecule has 0 spiro atoms. The summed E-state index contributed by atoms with van der Waals surface area (Å²) in [5.74, 6) is 0. The molecule has 0 N–H and O–H groups in total. The number of hydrogen-bond donors (Lipinski definition) is 0. The Morgan fingerprint density at radius 2 is 1.69 bits per heavy atom. The summed E-state index contributed by atoms with van der Waals surface area (Å²) >= 11 is 0.171. The Hall–Kier alpha value is -1.13. The Morgan fingerprint density at radius 3 is 2.56 bits per heavy atom. The molecule has 0 aliphatic carbocycles. The molecule has 0 unspecified atom stereocenters. The number of aryl methyl sites for hydroxylation is 2. The van der Waals surface area contributed by atoms with Crippen molar-refractivity contribution in [1.82, 2.24) is 0 Å². The van der Waals surface area contributed by atoms with Crippen molar-refractivity contribution in [2.45, 2.75) is 13.8 Å². The quantitative estimate of drug-likeness (QED) is 0.545. The maximum atomic E-state index is 2.37. The van der Waals surface area contributed by atoms with Crippen LogP contribution in [-0.2, 0) is 0 Å². The van der Waals surface area contributed by atoms with Crippen molar-refractivity contribution in [3.63, 3.8) is 0 Å². The average Bonchev–Trinajstić information content (AvgIpc) is 2.28. The van der Waals surface area contributed by atoms with Crippen LogP contribution in [0.15, 0.2) is 36.4 Å². The number of benzene rings is 2. The van der Waals surface area contributed by atoms with Gasteiger partial charge in [-0.2, -0.15) is 0 Å². The van der Waals surface area contributed by atoms with E-state index in [1.807, 2.05) is 0 Å². The third-order valence-electron chi connectivity index (χ3n) is 3.13. The van der Waals surface area contributed by atoms with Crippen molar-refractivity contribution in [3.8, 4) is 0 Å². The first-order valence-corrected chi connectivity index (χ1v) is 7.38. The molecule has 0 amide bonds. The minimum atomic E-state index is 0.171. The van der Waals surface area contributed by atoms with Gasteiger partial charge in [0.2, 0.25) is 0 Å². The van der Waals surface area contributed by atoms with E-state index in [0.29, 0.717) is 0 Å². The van der Waals surface area contributed by atoms with E-state index in [4.69, 9.17) is 0 Å². The van der Waals surface area contributed by atoms with Gasteiger partial charge >= 0.3 is 102 Å². The average molecular weight is 268 g/mol. The molecule has 0 nitrogen and oxygen atoms in total. The molecule has 0 atom stereocenters. The summed E-state index contributed by atoms with van der Waals surface area (Å²) in [5, 5.41) is 1.42. The molecule has 0 bridgehead atoms. The van der Waals surface area contributed by atoms with Gasteiger partial charge < -0.3 is 0 Å². The molecule has 0 saturated heterocycles. The van der Waals surface area contributed by atoms with Gasteiger partial charge in [0.25, 0.3) is 0 Å². The maximum absolute atomic E-state index is 2.37. The van der Waals surface area contributed by atoms with E-state index in [1.165, 1.54) is 25.9 Å². The zero-order valence-corrected chi connectivity index (χ0v) is 11.4. The van der Waals surface area contributed by atoms with Gasteiger partial charge in [-0.05, 0) is 0 Å². The molecular formula is C15H13As. The van der Waals surface area contributed by atoms with Gasteiger partial charge in [0.15, 0.2) is 0 Å². The second-order valence-electron chi connectivity index (χ2n) is 4.31. The molecule has 0 radical (unpaired) electrons. The van der Waals surface area contributed by atoms with Crippen LogP contribution in [-0.4, -0.2) is 15.3 Å². The predicted molar refractivity (Wildman–Crippen MR) is 69.8 cm³/mol. The summed E-state index contributed by atoms with van der Waals surface area (Å²) in [4.78, 5) is 0. The fraction of sp³-hybridized carbons (Fsp3) is 0.133. The van der Waals surface area contributed by atoms with Gasteiger partial charge in [-0.1, -0.05) is 0 Å². The molecule has 1 heterocycles. The molecule has 2 aromatic rings. The topological polar surface area (TPSA) is 0 Å². The number of fused-ring (bicyclic) bond motifs is 2.